The minimum absolute atomic E-state index is 0.105. The third kappa shape index (κ3) is 5.59. The maximum atomic E-state index is 14.2. The summed E-state index contributed by atoms with van der Waals surface area (Å²) in [7, 11) is 0. The molecule has 1 aliphatic rings. The van der Waals surface area contributed by atoms with Gasteiger partial charge >= 0.3 is 0 Å². The highest BCUT2D eigenvalue weighted by Gasteiger charge is 2.34. The largest absolute Gasteiger partial charge is 0.376 e. The van der Waals surface area contributed by atoms with Crippen LogP contribution in [0.4, 0.5) is 10.1 Å². The summed E-state index contributed by atoms with van der Waals surface area (Å²) >= 11 is 0. The van der Waals surface area contributed by atoms with E-state index in [0.29, 0.717) is 41.1 Å². The Hall–Kier alpha value is -5.04. The van der Waals surface area contributed by atoms with Gasteiger partial charge in [-0.3, -0.25) is 14.5 Å². The molecule has 12 nitrogen and oxygen atoms in total. The molecule has 42 heavy (non-hydrogen) atoms. The Balaban J connectivity index is 1.42. The van der Waals surface area contributed by atoms with Crippen LogP contribution in [0.5, 0.6) is 0 Å². The zero-order chi connectivity index (χ0) is 29.1. The van der Waals surface area contributed by atoms with Crippen molar-refractivity contribution in [2.24, 2.45) is 0 Å². The van der Waals surface area contributed by atoms with Crippen molar-refractivity contribution < 1.29 is 18.7 Å². The van der Waals surface area contributed by atoms with E-state index in [4.69, 9.17) is 4.74 Å². The summed E-state index contributed by atoms with van der Waals surface area (Å²) in [5, 5.41) is 22.7. The Kier molecular flexibility index (Phi) is 7.64. The number of hydrogen-bond donors (Lipinski definition) is 1. The molecule has 0 unspecified atom stereocenters. The first-order valence-corrected chi connectivity index (χ1v) is 13.6. The molecule has 1 aliphatic heterocycles. The van der Waals surface area contributed by atoms with Crippen LogP contribution in [0.25, 0.3) is 16.7 Å². The summed E-state index contributed by atoms with van der Waals surface area (Å²) in [5.41, 5.74) is 3.70. The fourth-order valence-electron chi connectivity index (χ4n) is 5.17. The Morgan fingerprint density at radius 2 is 1.95 bits per heavy atom. The van der Waals surface area contributed by atoms with E-state index in [0.717, 1.165) is 18.4 Å². The SMILES string of the molecule is Cc1cc(N(C(=O)Cn2nnc3ccccc32)[C@H](C(=O)NC[C@H]2CCCO2)c2ccc(F)cc2)ccc1-n1cnnn1. The van der Waals surface area contributed by atoms with Crippen LogP contribution in [-0.4, -0.2) is 66.3 Å². The molecule has 5 aromatic rings. The Morgan fingerprint density at radius 3 is 2.69 bits per heavy atom. The number of fused-ring (bicyclic) bond motifs is 1. The number of ether oxygens (including phenoxy) is 1. The van der Waals surface area contributed by atoms with Gasteiger partial charge in [0.2, 0.25) is 11.8 Å². The Labute approximate surface area is 240 Å². The molecule has 1 saturated heterocycles. The van der Waals surface area contributed by atoms with Crippen LogP contribution in [0.3, 0.4) is 0 Å². The summed E-state index contributed by atoms with van der Waals surface area (Å²) in [4.78, 5) is 29.6. The van der Waals surface area contributed by atoms with Gasteiger partial charge in [-0.2, -0.15) is 0 Å². The standard InChI is InChI=1S/C29H28FN9O3/c1-19-15-22(12-13-25(19)38-18-32-34-36-38)39(27(40)17-37-26-7-3-2-6-24(26)33-35-37)28(20-8-10-21(30)11-9-20)29(41)31-16-23-5-4-14-42-23/h2-3,6-13,15,18,23,28H,4-5,14,16-17H2,1H3,(H,31,41)/t23-,28+/m1/s1. The van der Waals surface area contributed by atoms with Crippen LogP contribution < -0.4 is 10.2 Å². The molecule has 0 spiro atoms. The minimum atomic E-state index is -1.12. The van der Waals surface area contributed by atoms with E-state index in [1.165, 1.54) is 44.9 Å². The summed E-state index contributed by atoms with van der Waals surface area (Å²) in [6, 6.07) is 17.1. The summed E-state index contributed by atoms with van der Waals surface area (Å²) < 4.78 is 22.7. The molecule has 0 radical (unpaired) electrons. The fourth-order valence-corrected chi connectivity index (χ4v) is 5.17. The highest BCUT2D eigenvalue weighted by Crippen LogP contribution is 2.31. The number of nitrogens with zero attached hydrogens (tertiary/aromatic N) is 8. The van der Waals surface area contributed by atoms with Gasteiger partial charge in [0, 0.05) is 18.8 Å². The third-order valence-electron chi connectivity index (χ3n) is 7.25. The van der Waals surface area contributed by atoms with Gasteiger partial charge in [0.25, 0.3) is 0 Å². The van der Waals surface area contributed by atoms with Crippen LogP contribution >= 0.6 is 0 Å². The highest BCUT2D eigenvalue weighted by molar-refractivity contribution is 6.01. The number of benzene rings is 3. The van der Waals surface area contributed by atoms with Crippen molar-refractivity contribution in [2.75, 3.05) is 18.1 Å². The molecule has 3 aromatic carbocycles. The maximum Gasteiger partial charge on any atom is 0.249 e. The Bertz CT molecular complexity index is 1700. The van der Waals surface area contributed by atoms with E-state index < -0.39 is 23.7 Å². The van der Waals surface area contributed by atoms with E-state index >= 15 is 0 Å². The lowest BCUT2D eigenvalue weighted by molar-refractivity contribution is -0.127. The van der Waals surface area contributed by atoms with E-state index in [2.05, 4.69) is 31.2 Å². The lowest BCUT2D eigenvalue weighted by Crippen LogP contribution is -2.46. The topological polar surface area (TPSA) is 133 Å². The van der Waals surface area contributed by atoms with Crippen LogP contribution in [0.15, 0.2) is 73.1 Å². The number of aryl methyl sites for hydroxylation is 1. The zero-order valence-electron chi connectivity index (χ0n) is 22.8. The molecule has 0 saturated carbocycles. The second-order valence-corrected chi connectivity index (χ2v) is 10.1. The number of carbonyl (C=O) groups is 2. The molecule has 2 atom stereocenters. The number of carbonyl (C=O) groups excluding carboxylic acids is 2. The molecule has 0 bridgehead atoms. The van der Waals surface area contributed by atoms with Crippen molar-refractivity contribution in [3.63, 3.8) is 0 Å². The first-order valence-electron chi connectivity index (χ1n) is 13.6. The number of para-hydroxylation sites is 1. The van der Waals surface area contributed by atoms with Crippen molar-refractivity contribution in [2.45, 2.75) is 38.5 Å². The van der Waals surface area contributed by atoms with Crippen LogP contribution in [0.2, 0.25) is 0 Å². The van der Waals surface area contributed by atoms with Crippen LogP contribution in [-0.2, 0) is 20.9 Å². The van der Waals surface area contributed by atoms with E-state index in [1.54, 1.807) is 18.2 Å². The van der Waals surface area contributed by atoms with E-state index in [1.807, 2.05) is 31.2 Å². The predicted molar refractivity (Wildman–Crippen MR) is 150 cm³/mol. The van der Waals surface area contributed by atoms with Gasteiger partial charge in [-0.05, 0) is 83.8 Å². The second kappa shape index (κ2) is 11.8. The molecular weight excluding hydrogens is 541 g/mol. The number of halogens is 1. The first-order chi connectivity index (χ1) is 20.5. The minimum Gasteiger partial charge on any atom is -0.376 e. The van der Waals surface area contributed by atoms with Crippen molar-refractivity contribution in [1.29, 1.82) is 0 Å². The summed E-state index contributed by atoms with van der Waals surface area (Å²) in [6.45, 7) is 2.61. The van der Waals surface area contributed by atoms with Gasteiger partial charge < -0.3 is 10.1 Å². The van der Waals surface area contributed by atoms with Gasteiger partial charge in [0.15, 0.2) is 0 Å². The number of rotatable bonds is 9. The molecule has 13 heteroatoms. The number of hydrogen-bond acceptors (Lipinski definition) is 8. The van der Waals surface area contributed by atoms with E-state index in [9.17, 15) is 14.0 Å². The smallest absolute Gasteiger partial charge is 0.249 e. The summed E-state index contributed by atoms with van der Waals surface area (Å²) in [6.07, 6.45) is 3.12. The second-order valence-electron chi connectivity index (χ2n) is 10.1. The zero-order valence-corrected chi connectivity index (χ0v) is 22.8. The van der Waals surface area contributed by atoms with Gasteiger partial charge in [0.1, 0.15) is 30.2 Å². The Morgan fingerprint density at radius 1 is 1.12 bits per heavy atom. The molecule has 214 valence electrons. The predicted octanol–water partition coefficient (Wildman–Crippen LogP) is 2.92. The average Bonchev–Trinajstić information content (AvgIpc) is 3.79. The van der Waals surface area contributed by atoms with Gasteiger partial charge in [-0.1, -0.05) is 29.5 Å². The van der Waals surface area contributed by atoms with Crippen molar-refractivity contribution >= 4 is 28.5 Å². The molecule has 3 heterocycles. The normalized spacial score (nSPS) is 15.5. The van der Waals surface area contributed by atoms with Gasteiger partial charge in [-0.15, -0.1) is 10.2 Å². The third-order valence-corrected chi connectivity index (χ3v) is 7.25. The molecule has 2 aromatic heterocycles. The van der Waals surface area contributed by atoms with Crippen LogP contribution in [0.1, 0.15) is 30.0 Å². The number of aromatic nitrogens is 7. The van der Waals surface area contributed by atoms with Crippen LogP contribution in [0, 0.1) is 12.7 Å². The molecule has 2 amide bonds. The number of tetrazole rings is 1. The van der Waals surface area contributed by atoms with Crippen molar-refractivity contribution in [3.05, 3.63) is 90.0 Å². The first kappa shape index (κ1) is 27.1. The molecule has 1 N–H and O–H groups in total. The van der Waals surface area contributed by atoms with Gasteiger partial charge in [-0.25, -0.2) is 13.8 Å². The lowest BCUT2D eigenvalue weighted by Gasteiger charge is -2.32. The monoisotopic (exact) mass is 569 g/mol. The van der Waals surface area contributed by atoms with E-state index in [-0.39, 0.29) is 12.6 Å². The highest BCUT2D eigenvalue weighted by atomic mass is 19.1. The van der Waals surface area contributed by atoms with Gasteiger partial charge in [0.05, 0.1) is 17.3 Å². The average molecular weight is 570 g/mol. The number of nitrogens with one attached hydrogen (secondary N) is 1. The molecule has 6 rings (SSSR count). The lowest BCUT2D eigenvalue weighted by atomic mass is 10.0. The summed E-state index contributed by atoms with van der Waals surface area (Å²) in [5.74, 6) is -1.29. The maximum absolute atomic E-state index is 14.2. The molecular formula is C29H28FN9O3. The molecule has 1 fully saturated rings. The number of amides is 2. The quantitative estimate of drug-likeness (QED) is 0.287. The fraction of sp³-hybridized carbons (Fsp3) is 0.276. The number of anilines is 1. The molecule has 0 aliphatic carbocycles. The van der Waals surface area contributed by atoms with Crippen molar-refractivity contribution in [3.8, 4) is 5.69 Å². The van der Waals surface area contributed by atoms with Crippen molar-refractivity contribution in [1.82, 2.24) is 40.5 Å².